The molecule has 2 aliphatic heterocycles. The Morgan fingerprint density at radius 3 is 1.72 bits per heavy atom. The molecule has 0 aromatic rings. The fourth-order valence-electron chi connectivity index (χ4n) is 0.659. The first kappa shape index (κ1) is 17.0. The molecule has 7 nitrogen and oxygen atoms in total. The minimum Gasteiger partial charge on any atom is -0.478 e. The quantitative estimate of drug-likeness (QED) is 0.418. The van der Waals surface area contributed by atoms with E-state index in [1.807, 2.05) is 0 Å². The lowest BCUT2D eigenvalue weighted by atomic mass is 10.5. The summed E-state index contributed by atoms with van der Waals surface area (Å²) in [6, 6.07) is 0. The predicted molar refractivity (Wildman–Crippen MR) is 62.3 cm³/mol. The molecule has 2 aliphatic rings. The molecule has 0 aromatic carbocycles. The summed E-state index contributed by atoms with van der Waals surface area (Å²) in [6.45, 7) is 5.97. The molecule has 0 amide bonds. The van der Waals surface area contributed by atoms with Gasteiger partial charge in [0.05, 0.1) is 39.6 Å². The lowest BCUT2D eigenvalue weighted by Crippen LogP contribution is -2.06. The summed E-state index contributed by atoms with van der Waals surface area (Å²) in [6.07, 6.45) is 1.62. The second-order valence-electron chi connectivity index (χ2n) is 3.44. The first-order chi connectivity index (χ1) is 8.63. The molecule has 7 heteroatoms. The largest absolute Gasteiger partial charge is 0.478 e. The molecule has 2 fully saturated rings. The van der Waals surface area contributed by atoms with Gasteiger partial charge in [-0.05, 0) is 0 Å². The van der Waals surface area contributed by atoms with Crippen LogP contribution in [-0.4, -0.2) is 73.1 Å². The Balaban J connectivity index is 0.000000278. The van der Waals surface area contributed by atoms with Gasteiger partial charge >= 0.3 is 5.97 Å². The van der Waals surface area contributed by atoms with Gasteiger partial charge in [-0.3, -0.25) is 0 Å². The molecule has 0 saturated carbocycles. The number of epoxide rings is 2. The first-order valence-electron chi connectivity index (χ1n) is 5.52. The molecule has 0 radical (unpaired) electrons. The van der Waals surface area contributed by atoms with Crippen molar-refractivity contribution in [3.63, 3.8) is 0 Å². The minimum atomic E-state index is -0.981. The number of hydrogen-bond acceptors (Lipinski definition) is 6. The Hall–Kier alpha value is -0.990. The Kier molecular flexibility index (Phi) is 10.5. The zero-order valence-electron chi connectivity index (χ0n) is 10.2. The average molecular weight is 264 g/mol. The van der Waals surface area contributed by atoms with Crippen molar-refractivity contribution in [1.82, 2.24) is 0 Å². The minimum absolute atomic E-state index is 0.125. The van der Waals surface area contributed by atoms with E-state index in [0.717, 1.165) is 32.5 Å². The van der Waals surface area contributed by atoms with Crippen LogP contribution >= 0.6 is 0 Å². The van der Waals surface area contributed by atoms with Gasteiger partial charge in [0.15, 0.2) is 0 Å². The normalized spacial score (nSPS) is 22.8. The number of carboxylic acid groups (broad SMARTS) is 1. The zero-order chi connectivity index (χ0) is 13.8. The van der Waals surface area contributed by atoms with Gasteiger partial charge < -0.3 is 29.5 Å². The van der Waals surface area contributed by atoms with Gasteiger partial charge in [-0.15, -0.1) is 0 Å². The molecular weight excluding hydrogens is 244 g/mol. The van der Waals surface area contributed by atoms with Gasteiger partial charge in [0.2, 0.25) is 0 Å². The molecule has 2 heterocycles. The van der Waals surface area contributed by atoms with Crippen LogP contribution in [0.15, 0.2) is 12.7 Å². The van der Waals surface area contributed by atoms with Gasteiger partial charge in [0.1, 0.15) is 12.2 Å². The summed E-state index contributed by atoms with van der Waals surface area (Å²) in [4.78, 5) is 9.25. The number of carboxylic acids is 1. The number of aliphatic carboxylic acids is 1. The third kappa shape index (κ3) is 15.0. The van der Waals surface area contributed by atoms with Crippen LogP contribution in [0.5, 0.6) is 0 Å². The van der Waals surface area contributed by atoms with Crippen LogP contribution in [0.1, 0.15) is 0 Å². The standard InChI is InChI=1S/C6H10O3.C3H4O2.C2H6O2/c1(5-3-8-5)7-2-6-4-9-6;1-2-3(4)5;3-1-2-4/h5-6H,1-4H2;2H,1H2,(H,4,5);3-4H,1-2H2. The topological polar surface area (TPSA) is 112 Å². The highest BCUT2D eigenvalue weighted by molar-refractivity contribution is 5.78. The van der Waals surface area contributed by atoms with Crippen LogP contribution in [0.3, 0.4) is 0 Å². The van der Waals surface area contributed by atoms with Crippen molar-refractivity contribution in [1.29, 1.82) is 0 Å². The Labute approximate surface area is 106 Å². The van der Waals surface area contributed by atoms with E-state index in [4.69, 9.17) is 29.5 Å². The van der Waals surface area contributed by atoms with Crippen LogP contribution in [0.4, 0.5) is 0 Å². The number of aliphatic hydroxyl groups is 2. The summed E-state index contributed by atoms with van der Waals surface area (Å²) < 4.78 is 15.1. The molecule has 106 valence electrons. The maximum absolute atomic E-state index is 9.25. The van der Waals surface area contributed by atoms with Crippen molar-refractivity contribution in [3.8, 4) is 0 Å². The van der Waals surface area contributed by atoms with E-state index < -0.39 is 5.97 Å². The Morgan fingerprint density at radius 1 is 1.22 bits per heavy atom. The highest BCUT2D eigenvalue weighted by Gasteiger charge is 2.26. The average Bonchev–Trinajstić information content (AvgIpc) is 3.24. The van der Waals surface area contributed by atoms with E-state index in [-0.39, 0.29) is 13.2 Å². The monoisotopic (exact) mass is 264 g/mol. The van der Waals surface area contributed by atoms with E-state index in [2.05, 4.69) is 6.58 Å². The highest BCUT2D eigenvalue weighted by atomic mass is 16.6. The van der Waals surface area contributed by atoms with Crippen LogP contribution < -0.4 is 0 Å². The van der Waals surface area contributed by atoms with Gasteiger partial charge in [0.25, 0.3) is 0 Å². The molecule has 3 N–H and O–H groups in total. The SMILES string of the molecule is C(OCC1CO1)C1CO1.C=CC(=O)O.OCCO. The maximum atomic E-state index is 9.25. The fraction of sp³-hybridized carbons (Fsp3) is 0.727. The van der Waals surface area contributed by atoms with Crippen molar-refractivity contribution in [2.45, 2.75) is 12.2 Å². The van der Waals surface area contributed by atoms with E-state index in [0.29, 0.717) is 12.2 Å². The lowest BCUT2D eigenvalue weighted by Gasteiger charge is -1.95. The van der Waals surface area contributed by atoms with E-state index in [1.165, 1.54) is 0 Å². The molecule has 18 heavy (non-hydrogen) atoms. The number of carbonyl (C=O) groups is 1. The van der Waals surface area contributed by atoms with Crippen molar-refractivity contribution in [2.24, 2.45) is 0 Å². The third-order valence-corrected chi connectivity index (χ3v) is 1.69. The van der Waals surface area contributed by atoms with Gasteiger partial charge in [-0.2, -0.15) is 0 Å². The number of rotatable bonds is 6. The van der Waals surface area contributed by atoms with Gasteiger partial charge in [-0.1, -0.05) is 6.58 Å². The molecule has 2 atom stereocenters. The molecule has 2 saturated heterocycles. The van der Waals surface area contributed by atoms with Crippen molar-refractivity contribution in [3.05, 3.63) is 12.7 Å². The summed E-state index contributed by atoms with van der Waals surface area (Å²) in [7, 11) is 0. The predicted octanol–water partition coefficient (Wildman–Crippen LogP) is -0.971. The molecule has 0 aliphatic carbocycles. The molecule has 0 aromatic heterocycles. The van der Waals surface area contributed by atoms with E-state index in [9.17, 15) is 4.79 Å². The zero-order valence-corrected chi connectivity index (χ0v) is 10.2. The molecule has 2 rings (SSSR count). The second-order valence-corrected chi connectivity index (χ2v) is 3.44. The fourth-order valence-corrected chi connectivity index (χ4v) is 0.659. The van der Waals surface area contributed by atoms with E-state index >= 15 is 0 Å². The smallest absolute Gasteiger partial charge is 0.327 e. The van der Waals surface area contributed by atoms with Crippen molar-refractivity contribution < 1.29 is 34.3 Å². The maximum Gasteiger partial charge on any atom is 0.327 e. The summed E-state index contributed by atoms with van der Waals surface area (Å²) >= 11 is 0. The van der Waals surface area contributed by atoms with Gasteiger partial charge in [0, 0.05) is 6.08 Å². The third-order valence-electron chi connectivity index (χ3n) is 1.69. The summed E-state index contributed by atoms with van der Waals surface area (Å²) in [5, 5.41) is 22.9. The summed E-state index contributed by atoms with van der Waals surface area (Å²) in [5.41, 5.74) is 0. The molecule has 0 spiro atoms. The van der Waals surface area contributed by atoms with Crippen LogP contribution in [0.2, 0.25) is 0 Å². The van der Waals surface area contributed by atoms with Crippen LogP contribution in [0.25, 0.3) is 0 Å². The van der Waals surface area contributed by atoms with Crippen molar-refractivity contribution >= 4 is 5.97 Å². The summed E-state index contributed by atoms with van der Waals surface area (Å²) in [5.74, 6) is -0.981. The van der Waals surface area contributed by atoms with E-state index in [1.54, 1.807) is 0 Å². The Bertz CT molecular complexity index is 209. The Morgan fingerprint density at radius 2 is 1.56 bits per heavy atom. The molecule has 2 unspecified atom stereocenters. The first-order valence-corrected chi connectivity index (χ1v) is 5.52. The van der Waals surface area contributed by atoms with Crippen LogP contribution in [0, 0.1) is 0 Å². The number of aliphatic hydroxyl groups excluding tert-OH is 2. The van der Waals surface area contributed by atoms with Gasteiger partial charge in [-0.25, -0.2) is 4.79 Å². The molecular formula is C11H20O7. The number of ether oxygens (including phenoxy) is 3. The number of hydrogen-bond donors (Lipinski definition) is 3. The van der Waals surface area contributed by atoms with Crippen molar-refractivity contribution in [2.75, 3.05) is 39.6 Å². The van der Waals surface area contributed by atoms with Crippen LogP contribution in [-0.2, 0) is 19.0 Å². The highest BCUT2D eigenvalue weighted by Crippen LogP contribution is 2.12. The lowest BCUT2D eigenvalue weighted by molar-refractivity contribution is -0.131. The molecule has 0 bridgehead atoms. The second kappa shape index (κ2) is 11.1.